The van der Waals surface area contributed by atoms with Gasteiger partial charge in [-0.25, -0.2) is 4.39 Å². The molecule has 2 aliphatic rings. The minimum absolute atomic E-state index is 0.00926. The summed E-state index contributed by atoms with van der Waals surface area (Å²) in [5.41, 5.74) is 5.87. The van der Waals surface area contributed by atoms with Crippen LogP contribution in [0.1, 0.15) is 37.7 Å². The summed E-state index contributed by atoms with van der Waals surface area (Å²) in [6, 6.07) is 4.98. The van der Waals surface area contributed by atoms with Gasteiger partial charge in [-0.2, -0.15) is 0 Å². The number of anilines is 1. The van der Waals surface area contributed by atoms with Crippen molar-refractivity contribution in [3.63, 3.8) is 0 Å². The van der Waals surface area contributed by atoms with E-state index in [1.807, 2.05) is 9.80 Å². The summed E-state index contributed by atoms with van der Waals surface area (Å²) in [6.45, 7) is 1.95. The summed E-state index contributed by atoms with van der Waals surface area (Å²) < 4.78 is 25.5. The molecule has 9 heteroatoms. The smallest absolute Gasteiger partial charge is 0.313 e. The maximum absolute atomic E-state index is 15.0. The van der Waals surface area contributed by atoms with Crippen molar-refractivity contribution >= 4 is 23.4 Å². The van der Waals surface area contributed by atoms with Gasteiger partial charge in [-0.15, -0.1) is 0 Å². The molecular weight excluding hydrogens is 403 g/mol. The number of piperazine rings is 1. The molecule has 3 rings (SSSR count). The van der Waals surface area contributed by atoms with Crippen molar-refractivity contribution in [1.29, 1.82) is 5.41 Å². The highest BCUT2D eigenvalue weighted by molar-refractivity contribution is 5.94. The van der Waals surface area contributed by atoms with Crippen LogP contribution in [0.4, 0.5) is 10.1 Å². The molecule has 0 spiro atoms. The highest BCUT2D eigenvalue weighted by Crippen LogP contribution is 2.29. The molecule has 0 aromatic heterocycles. The van der Waals surface area contributed by atoms with Crippen molar-refractivity contribution in [1.82, 2.24) is 4.90 Å². The quantitative estimate of drug-likeness (QED) is 0.386. The fourth-order valence-electron chi connectivity index (χ4n) is 4.30. The molecule has 1 heterocycles. The van der Waals surface area contributed by atoms with Crippen LogP contribution >= 0.6 is 0 Å². The molecule has 1 aromatic carbocycles. The molecule has 2 fully saturated rings. The Morgan fingerprint density at radius 3 is 2.65 bits per heavy atom. The monoisotopic (exact) mass is 434 g/mol. The van der Waals surface area contributed by atoms with Gasteiger partial charge in [0.1, 0.15) is 18.9 Å². The number of hydrogen-bond acceptors (Lipinski definition) is 6. The average molecular weight is 435 g/mol. The van der Waals surface area contributed by atoms with Crippen molar-refractivity contribution in [2.24, 2.45) is 11.7 Å². The van der Waals surface area contributed by atoms with Gasteiger partial charge in [-0.3, -0.25) is 15.0 Å². The first-order valence-electron chi connectivity index (χ1n) is 10.7. The number of rotatable bonds is 7. The first-order valence-corrected chi connectivity index (χ1v) is 10.7. The van der Waals surface area contributed by atoms with Crippen molar-refractivity contribution < 1.29 is 23.5 Å². The number of carbonyl (C=O) groups excluding carboxylic acids is 2. The normalized spacial score (nSPS) is 21.6. The third kappa shape index (κ3) is 5.94. The number of methoxy groups -OCH3 is 1. The maximum Gasteiger partial charge on any atom is 0.313 e. The number of hydrogen-bond donors (Lipinski definition) is 2. The Labute approximate surface area is 182 Å². The van der Waals surface area contributed by atoms with Crippen LogP contribution in [0.2, 0.25) is 0 Å². The molecule has 0 unspecified atom stereocenters. The van der Waals surface area contributed by atoms with Crippen LogP contribution in [0.25, 0.3) is 0 Å². The van der Waals surface area contributed by atoms with Gasteiger partial charge in [0.25, 0.3) is 0 Å². The first-order chi connectivity index (χ1) is 14.9. The van der Waals surface area contributed by atoms with Gasteiger partial charge in [0, 0.05) is 44.8 Å². The Hall–Kier alpha value is -2.68. The highest BCUT2D eigenvalue weighted by Gasteiger charge is 2.32. The lowest BCUT2D eigenvalue weighted by Crippen LogP contribution is -2.51. The molecule has 31 heavy (non-hydrogen) atoms. The van der Waals surface area contributed by atoms with E-state index in [1.165, 1.54) is 0 Å². The zero-order chi connectivity index (χ0) is 22.4. The molecule has 170 valence electrons. The first kappa shape index (κ1) is 23.0. The number of nitrogens with two attached hydrogens (primary N) is 1. The van der Waals surface area contributed by atoms with Crippen LogP contribution in [-0.2, 0) is 25.7 Å². The Morgan fingerprint density at radius 2 is 1.97 bits per heavy atom. The van der Waals surface area contributed by atoms with E-state index in [9.17, 15) is 9.59 Å². The predicted molar refractivity (Wildman–Crippen MR) is 114 cm³/mol. The number of amides is 1. The van der Waals surface area contributed by atoms with E-state index in [2.05, 4.69) is 0 Å². The Bertz CT molecular complexity index is 811. The molecule has 0 bridgehead atoms. The SMILES string of the molecule is CO[C@H]1CCC[C@@H](C(=O)N2CCN(c3cccc(COC(=O)CC(=N)N)c3F)CC2)C1. The summed E-state index contributed by atoms with van der Waals surface area (Å²) in [5, 5.41) is 7.11. The minimum atomic E-state index is -0.664. The molecule has 8 nitrogen and oxygen atoms in total. The molecule has 3 N–H and O–H groups in total. The minimum Gasteiger partial charge on any atom is -0.460 e. The van der Waals surface area contributed by atoms with Crippen LogP contribution in [0.5, 0.6) is 0 Å². The van der Waals surface area contributed by atoms with Gasteiger partial charge in [-0.1, -0.05) is 18.6 Å². The molecule has 1 saturated carbocycles. The largest absolute Gasteiger partial charge is 0.460 e. The Balaban J connectivity index is 1.56. The lowest BCUT2D eigenvalue weighted by atomic mass is 9.86. The van der Waals surface area contributed by atoms with Crippen LogP contribution in [0.15, 0.2) is 18.2 Å². The van der Waals surface area contributed by atoms with Crippen molar-refractivity contribution in [3.05, 3.63) is 29.6 Å². The number of carbonyl (C=O) groups is 2. The zero-order valence-electron chi connectivity index (χ0n) is 17.9. The number of amidine groups is 1. The van der Waals surface area contributed by atoms with Gasteiger partial charge in [-0.05, 0) is 25.3 Å². The second-order valence-corrected chi connectivity index (χ2v) is 8.15. The zero-order valence-corrected chi connectivity index (χ0v) is 17.9. The third-order valence-electron chi connectivity index (χ3n) is 6.02. The highest BCUT2D eigenvalue weighted by atomic mass is 19.1. The van der Waals surface area contributed by atoms with E-state index in [0.717, 1.165) is 25.7 Å². The van der Waals surface area contributed by atoms with Gasteiger partial charge in [0.15, 0.2) is 5.82 Å². The number of halogens is 1. The third-order valence-corrected chi connectivity index (χ3v) is 6.02. The summed E-state index contributed by atoms with van der Waals surface area (Å²) in [4.78, 5) is 28.3. The molecule has 1 aliphatic carbocycles. The van der Waals surface area contributed by atoms with Crippen molar-refractivity contribution in [2.45, 2.75) is 44.8 Å². The molecule has 1 amide bonds. The van der Waals surface area contributed by atoms with Gasteiger partial charge >= 0.3 is 5.97 Å². The summed E-state index contributed by atoms with van der Waals surface area (Å²) in [5.74, 6) is -1.21. The van der Waals surface area contributed by atoms with E-state index in [4.69, 9.17) is 20.6 Å². The second kappa shape index (κ2) is 10.6. The maximum atomic E-state index is 15.0. The standard InChI is InChI=1S/C22H31FN4O4/c1-30-17-6-2-4-15(12-17)22(29)27-10-8-26(9-11-27)18-7-3-5-16(21(18)23)14-31-20(28)13-19(24)25/h3,5,7,15,17H,2,4,6,8-14H2,1H3,(H3,24,25)/t15-,17+/m1/s1. The van der Waals surface area contributed by atoms with Gasteiger partial charge < -0.3 is 25.0 Å². The van der Waals surface area contributed by atoms with Gasteiger partial charge in [0.2, 0.25) is 5.91 Å². The number of benzene rings is 1. The molecular formula is C22H31FN4O4. The lowest BCUT2D eigenvalue weighted by molar-refractivity contribution is -0.143. The average Bonchev–Trinajstić information content (AvgIpc) is 2.77. The van der Waals surface area contributed by atoms with E-state index in [-0.39, 0.29) is 42.4 Å². The molecule has 1 aromatic rings. The number of nitrogens with zero attached hydrogens (tertiary/aromatic N) is 2. The Kier molecular flexibility index (Phi) is 7.84. The number of ether oxygens (including phenoxy) is 2. The molecule has 1 aliphatic heterocycles. The van der Waals surface area contributed by atoms with E-state index in [1.54, 1.807) is 25.3 Å². The van der Waals surface area contributed by atoms with Crippen LogP contribution in [0.3, 0.4) is 0 Å². The van der Waals surface area contributed by atoms with Gasteiger partial charge in [0.05, 0.1) is 11.8 Å². The van der Waals surface area contributed by atoms with Crippen molar-refractivity contribution in [3.8, 4) is 0 Å². The van der Waals surface area contributed by atoms with E-state index >= 15 is 4.39 Å². The molecule has 1 saturated heterocycles. The van der Waals surface area contributed by atoms with E-state index in [0.29, 0.717) is 31.9 Å². The van der Waals surface area contributed by atoms with Crippen LogP contribution < -0.4 is 10.6 Å². The van der Waals surface area contributed by atoms with Crippen LogP contribution in [-0.4, -0.2) is 62.0 Å². The molecule has 2 atom stereocenters. The summed E-state index contributed by atoms with van der Waals surface area (Å²) >= 11 is 0. The molecule has 0 radical (unpaired) electrons. The second-order valence-electron chi connectivity index (χ2n) is 8.15. The van der Waals surface area contributed by atoms with Crippen molar-refractivity contribution in [2.75, 3.05) is 38.2 Å². The predicted octanol–water partition coefficient (Wildman–Crippen LogP) is 2.05. The van der Waals surface area contributed by atoms with Crippen LogP contribution in [0, 0.1) is 17.1 Å². The van der Waals surface area contributed by atoms with E-state index < -0.39 is 11.8 Å². The lowest BCUT2D eigenvalue weighted by Gasteiger charge is -2.39. The Morgan fingerprint density at radius 1 is 1.23 bits per heavy atom. The fourth-order valence-corrected chi connectivity index (χ4v) is 4.30. The summed E-state index contributed by atoms with van der Waals surface area (Å²) in [6.07, 6.45) is 3.53. The topological polar surface area (TPSA) is 109 Å². The fraction of sp³-hybridized carbons (Fsp3) is 0.591. The number of nitrogens with one attached hydrogen (secondary N) is 1. The number of esters is 1. The summed E-state index contributed by atoms with van der Waals surface area (Å²) in [7, 11) is 1.70.